The zero-order chi connectivity index (χ0) is 37.7. The Morgan fingerprint density at radius 2 is 0.500 bits per heavy atom. The van der Waals surface area contributed by atoms with Crippen LogP contribution in [0.15, 0.2) is 0 Å². The van der Waals surface area contributed by atoms with Crippen LogP contribution in [0, 0.1) is 32.5 Å². The summed E-state index contributed by atoms with van der Waals surface area (Å²) in [5.74, 6) is -5.07. The van der Waals surface area contributed by atoms with Gasteiger partial charge >= 0.3 is 285 Å². The number of hydrogen-bond donors (Lipinski definition) is 6. The van der Waals surface area contributed by atoms with E-state index >= 15 is 0 Å². The fraction of sp³-hybridized carbons (Fsp3) is 0.818. The molecule has 0 aromatic heterocycles. The average Bonchev–Trinajstić information content (AvgIpc) is 2.80. The number of hydrogen-bond acceptors (Lipinski definition) is 12. The van der Waals surface area contributed by atoms with Crippen LogP contribution < -0.4 is 0 Å². The summed E-state index contributed by atoms with van der Waals surface area (Å²) in [4.78, 5) is 78.9. The average molecular weight is 735 g/mol. The molecule has 0 spiro atoms. The van der Waals surface area contributed by atoms with Crippen molar-refractivity contribution in [2.45, 2.75) is 131 Å². The Labute approximate surface area is 283 Å². The zero-order valence-electron chi connectivity index (χ0n) is 30.3. The van der Waals surface area contributed by atoms with Gasteiger partial charge in [-0.25, -0.2) is 0 Å². The van der Waals surface area contributed by atoms with Gasteiger partial charge in [0.2, 0.25) is 0 Å². The Kier molecular flexibility index (Phi) is 13.3. The molecule has 0 aliphatic carbocycles. The predicted octanol–water partition coefficient (Wildman–Crippen LogP) is 2.32. The van der Waals surface area contributed by atoms with Crippen LogP contribution in [0.4, 0.5) is 0 Å². The quantitative estimate of drug-likeness (QED) is 0.105. The molecule has 0 unspecified atom stereocenters. The number of aliphatic hydroxyl groups is 6. The SMILES string of the molecule is CC(C)(C)C(=O)CC(=O)C(C)(C)[C](O)(O)[Y]([C](O)(O)C(C)(C)C(=O)CC(=O)C(C)(C)C)[C](O)(O)C(C)(C)C(=O)CC(=O)C(C)(C)C. The summed E-state index contributed by atoms with van der Waals surface area (Å²) < 4.78 is -11.0. The van der Waals surface area contributed by atoms with E-state index in [2.05, 4.69) is 0 Å². The van der Waals surface area contributed by atoms with Crippen molar-refractivity contribution in [3.63, 3.8) is 0 Å². The van der Waals surface area contributed by atoms with E-state index in [1.165, 1.54) is 62.3 Å². The van der Waals surface area contributed by atoms with Gasteiger partial charge in [0.05, 0.1) is 0 Å². The van der Waals surface area contributed by atoms with E-state index < -0.39 is 122 Å². The number of rotatable bonds is 15. The van der Waals surface area contributed by atoms with Gasteiger partial charge in [-0.3, -0.25) is 0 Å². The van der Waals surface area contributed by atoms with Crippen molar-refractivity contribution in [2.75, 3.05) is 0 Å². The summed E-state index contributed by atoms with van der Waals surface area (Å²) in [6, 6.07) is 0. The predicted molar refractivity (Wildman–Crippen MR) is 165 cm³/mol. The van der Waals surface area contributed by atoms with Gasteiger partial charge in [0, 0.05) is 0 Å². The molecular formula is C33H57O12Y. The molecule has 264 valence electrons. The molecule has 0 amide bonds. The van der Waals surface area contributed by atoms with Crippen LogP contribution in [0.2, 0.25) is 0 Å². The van der Waals surface area contributed by atoms with E-state index in [0.29, 0.717) is 0 Å². The van der Waals surface area contributed by atoms with Crippen LogP contribution in [0.1, 0.15) is 123 Å². The molecule has 0 heterocycles. The van der Waals surface area contributed by atoms with Gasteiger partial charge in [0.25, 0.3) is 0 Å². The van der Waals surface area contributed by atoms with E-state index in [-0.39, 0.29) is 0 Å². The number of Topliss-reactive ketones (excluding diaryl/α,β-unsaturated/α-hetero) is 6. The van der Waals surface area contributed by atoms with Crippen LogP contribution in [0.5, 0.6) is 0 Å². The standard InChI is InChI=1S/3C11H19O4.Y/c3*1-10(2,3)7(12)6-8(13)11(4,5)9(14)15;/h3*14-15H,6H2,1-5H3;. The molecule has 0 rings (SSSR count). The van der Waals surface area contributed by atoms with Crippen LogP contribution in [0.3, 0.4) is 0 Å². The molecule has 46 heavy (non-hydrogen) atoms. The Morgan fingerprint density at radius 3 is 0.630 bits per heavy atom. The Bertz CT molecular complexity index is 1080. The van der Waals surface area contributed by atoms with Gasteiger partial charge in [-0.1, -0.05) is 0 Å². The van der Waals surface area contributed by atoms with Gasteiger partial charge in [-0.05, 0) is 0 Å². The van der Waals surface area contributed by atoms with Gasteiger partial charge in [-0.15, -0.1) is 0 Å². The zero-order valence-corrected chi connectivity index (χ0v) is 33.2. The second kappa shape index (κ2) is 13.7. The third kappa shape index (κ3) is 8.91. The molecular weight excluding hydrogens is 677 g/mol. The molecule has 0 radical (unpaired) electrons. The van der Waals surface area contributed by atoms with E-state index in [4.69, 9.17) is 0 Å². The van der Waals surface area contributed by atoms with E-state index in [0.717, 1.165) is 41.5 Å². The first kappa shape index (κ1) is 44.9. The van der Waals surface area contributed by atoms with Crippen molar-refractivity contribution in [2.24, 2.45) is 32.5 Å². The second-order valence-corrected chi connectivity index (χ2v) is 25.4. The van der Waals surface area contributed by atoms with Crippen molar-refractivity contribution < 1.29 is 86.9 Å². The number of ketones is 6. The Morgan fingerprint density at radius 1 is 0.348 bits per heavy atom. The summed E-state index contributed by atoms with van der Waals surface area (Å²) in [6.07, 6.45) is -2.51. The number of carbonyl (C=O) groups is 6. The maximum absolute atomic E-state index is 13.5. The molecule has 0 bridgehead atoms. The van der Waals surface area contributed by atoms with E-state index in [1.54, 1.807) is 0 Å². The van der Waals surface area contributed by atoms with E-state index in [9.17, 15) is 59.4 Å². The third-order valence-corrected chi connectivity index (χ3v) is 20.8. The molecule has 0 aromatic rings. The normalized spacial score (nSPS) is 14.5. The first-order chi connectivity index (χ1) is 19.8. The van der Waals surface area contributed by atoms with Crippen LogP contribution in [-0.4, -0.2) is 73.1 Å². The molecule has 13 heteroatoms. The number of carbonyl (C=O) groups excluding carboxylic acids is 6. The molecule has 0 saturated carbocycles. The van der Waals surface area contributed by atoms with Crippen LogP contribution in [-0.2, 0) is 56.2 Å². The van der Waals surface area contributed by atoms with Crippen molar-refractivity contribution in [3.05, 3.63) is 0 Å². The third-order valence-electron chi connectivity index (χ3n) is 9.53. The molecule has 0 aliphatic heterocycles. The molecule has 0 aromatic carbocycles. The van der Waals surface area contributed by atoms with Gasteiger partial charge in [0.1, 0.15) is 0 Å². The minimum absolute atomic E-state index is 0.598. The summed E-state index contributed by atoms with van der Waals surface area (Å²) in [7, 11) is 0. The van der Waals surface area contributed by atoms with Crippen LogP contribution in [0.25, 0.3) is 0 Å². The summed E-state index contributed by atoms with van der Waals surface area (Å²) >= 11 is -6.44. The fourth-order valence-electron chi connectivity index (χ4n) is 4.44. The first-order valence-electron chi connectivity index (χ1n) is 15.3. The topological polar surface area (TPSA) is 224 Å². The molecule has 6 N–H and O–H groups in total. The summed E-state index contributed by atoms with van der Waals surface area (Å²) in [5.41, 5.74) is -10.6. The Hall–Kier alpha value is -1.12. The van der Waals surface area contributed by atoms with Crippen molar-refractivity contribution >= 4 is 34.7 Å². The molecule has 0 fully saturated rings. The molecule has 0 aliphatic rings. The summed E-state index contributed by atoms with van der Waals surface area (Å²) in [6.45, 7) is 19.6. The second-order valence-electron chi connectivity index (χ2n) is 17.3. The maximum atomic E-state index is 13.5. The van der Waals surface area contributed by atoms with Crippen molar-refractivity contribution in [1.29, 1.82) is 0 Å². The first-order valence-corrected chi connectivity index (χ1v) is 19.6. The molecule has 0 atom stereocenters. The summed E-state index contributed by atoms with van der Waals surface area (Å²) in [5, 5.41) is 71.4. The minimum atomic E-state index is -6.44. The van der Waals surface area contributed by atoms with Crippen LogP contribution >= 0.6 is 0 Å². The Balaban J connectivity index is 7.66. The van der Waals surface area contributed by atoms with Gasteiger partial charge < -0.3 is 0 Å². The van der Waals surface area contributed by atoms with Crippen molar-refractivity contribution in [3.8, 4) is 0 Å². The monoisotopic (exact) mass is 734 g/mol. The van der Waals surface area contributed by atoms with Gasteiger partial charge in [-0.2, -0.15) is 0 Å². The van der Waals surface area contributed by atoms with Crippen molar-refractivity contribution in [1.82, 2.24) is 0 Å². The molecule has 12 nitrogen and oxygen atoms in total. The fourth-order valence-corrected chi connectivity index (χ4v) is 15.1. The molecule has 0 saturated heterocycles. The van der Waals surface area contributed by atoms with Gasteiger partial charge in [0.15, 0.2) is 0 Å². The van der Waals surface area contributed by atoms with E-state index in [1.807, 2.05) is 0 Å².